The summed E-state index contributed by atoms with van der Waals surface area (Å²) in [7, 11) is -4.32. The van der Waals surface area contributed by atoms with Crippen LogP contribution in [0.4, 0.5) is 0 Å². The Morgan fingerprint density at radius 3 is 2.32 bits per heavy atom. The van der Waals surface area contributed by atoms with Gasteiger partial charge in [0.05, 0.1) is 50.2 Å². The molecule has 0 amide bonds. The molecule has 31 heavy (non-hydrogen) atoms. The fourth-order valence-electron chi connectivity index (χ4n) is 3.49. The molecule has 0 spiro atoms. The molecule has 9 nitrogen and oxygen atoms in total. The van der Waals surface area contributed by atoms with E-state index in [1.165, 1.54) is 11.3 Å². The smallest absolute Gasteiger partial charge is 0.353 e. The molecule has 0 N–H and O–H groups in total. The Kier molecular flexibility index (Phi) is 8.83. The Morgan fingerprint density at radius 1 is 1.19 bits per heavy atom. The van der Waals surface area contributed by atoms with E-state index in [0.29, 0.717) is 4.88 Å². The minimum absolute atomic E-state index is 0.0356. The second kappa shape index (κ2) is 10.9. The second-order valence-electron chi connectivity index (χ2n) is 6.29. The third-order valence-corrected chi connectivity index (χ3v) is 7.92. The van der Waals surface area contributed by atoms with Crippen molar-refractivity contribution in [1.82, 2.24) is 0 Å². The molecule has 2 rings (SSSR count). The van der Waals surface area contributed by atoms with Gasteiger partial charge in [0, 0.05) is 4.88 Å². The molecule has 0 aromatic carbocycles. The summed E-state index contributed by atoms with van der Waals surface area (Å²) in [4.78, 5) is 27.2. The van der Waals surface area contributed by atoms with Gasteiger partial charge >= 0.3 is 19.5 Å². The summed E-state index contributed by atoms with van der Waals surface area (Å²) in [6.07, 6.45) is 1.09. The minimum atomic E-state index is -4.32. The Hall–Kier alpha value is -2.18. The summed E-state index contributed by atoms with van der Waals surface area (Å²) in [5.41, 5.74) is -3.96. The largest absolute Gasteiger partial charge is 0.479 e. The van der Waals surface area contributed by atoms with Crippen molar-refractivity contribution in [3.8, 4) is 6.07 Å². The third-order valence-electron chi connectivity index (χ3n) is 4.52. The lowest BCUT2D eigenvalue weighted by Crippen LogP contribution is -2.58. The normalized spacial score (nSPS) is 21.5. The second-order valence-corrected chi connectivity index (χ2v) is 9.39. The molecule has 0 aliphatic carbocycles. The van der Waals surface area contributed by atoms with E-state index in [4.69, 9.17) is 23.3 Å². The summed E-state index contributed by atoms with van der Waals surface area (Å²) in [5.74, 6) is -3.04. The predicted octanol–water partition coefficient (Wildman–Crippen LogP) is 3.77. The van der Waals surface area contributed by atoms with Gasteiger partial charge in [-0.25, -0.2) is 4.79 Å². The monoisotopic (exact) mass is 471 g/mol. The van der Waals surface area contributed by atoms with Crippen LogP contribution in [-0.4, -0.2) is 49.6 Å². The summed E-state index contributed by atoms with van der Waals surface area (Å²) >= 11 is 1.25. The zero-order valence-corrected chi connectivity index (χ0v) is 19.6. The van der Waals surface area contributed by atoms with Crippen molar-refractivity contribution in [2.24, 2.45) is 0 Å². The lowest BCUT2D eigenvalue weighted by atomic mass is 9.80. The molecule has 11 heteroatoms. The van der Waals surface area contributed by atoms with Crippen LogP contribution in [-0.2, 0) is 37.4 Å². The first-order chi connectivity index (χ1) is 14.9. The molecule has 1 aliphatic rings. The van der Waals surface area contributed by atoms with Gasteiger partial charge in [-0.2, -0.15) is 5.26 Å². The predicted molar refractivity (Wildman–Crippen MR) is 112 cm³/mol. The van der Waals surface area contributed by atoms with E-state index in [0.717, 1.165) is 6.26 Å². The summed E-state index contributed by atoms with van der Waals surface area (Å²) in [6, 6.07) is 5.43. The molecular formula is C20H26NO8PS. The fraction of sp³-hybridized carbons (Fsp3) is 0.550. The van der Waals surface area contributed by atoms with Crippen LogP contribution in [0.3, 0.4) is 0 Å². The number of hydrogen-bond acceptors (Lipinski definition) is 10. The molecule has 0 fully saturated rings. The quantitative estimate of drug-likeness (QED) is 0.351. The molecule has 170 valence electrons. The minimum Gasteiger partial charge on any atom is -0.479 e. The highest BCUT2D eigenvalue weighted by Crippen LogP contribution is 2.63. The summed E-state index contributed by atoms with van der Waals surface area (Å²) in [6.45, 7) is 6.11. The first-order valence-corrected chi connectivity index (χ1v) is 12.4. The van der Waals surface area contributed by atoms with Crippen molar-refractivity contribution >= 4 is 30.9 Å². The maximum absolute atomic E-state index is 13.9. The molecule has 0 saturated heterocycles. The number of nitriles is 1. The van der Waals surface area contributed by atoms with Crippen molar-refractivity contribution < 1.29 is 37.4 Å². The molecule has 1 aromatic rings. The van der Waals surface area contributed by atoms with Gasteiger partial charge in [0.2, 0.25) is 11.3 Å². The lowest BCUT2D eigenvalue weighted by molar-refractivity contribution is -0.172. The van der Waals surface area contributed by atoms with Crippen LogP contribution >= 0.6 is 18.9 Å². The molecule has 0 bridgehead atoms. The molecular weight excluding hydrogens is 445 g/mol. The van der Waals surface area contributed by atoms with Gasteiger partial charge < -0.3 is 23.3 Å². The van der Waals surface area contributed by atoms with Gasteiger partial charge in [-0.05, 0) is 39.1 Å². The van der Waals surface area contributed by atoms with Crippen LogP contribution in [0, 0.1) is 11.3 Å². The van der Waals surface area contributed by atoms with Crippen molar-refractivity contribution in [2.75, 3.05) is 26.4 Å². The van der Waals surface area contributed by atoms with Gasteiger partial charge in [0.1, 0.15) is 0 Å². The Labute approximate surface area is 185 Å². The van der Waals surface area contributed by atoms with Gasteiger partial charge in [0.25, 0.3) is 0 Å². The average Bonchev–Trinajstić information content (AvgIpc) is 3.36. The number of carbonyl (C=O) groups is 2. The lowest BCUT2D eigenvalue weighted by Gasteiger charge is -2.39. The van der Waals surface area contributed by atoms with E-state index in [-0.39, 0.29) is 32.0 Å². The fourth-order valence-corrected chi connectivity index (χ4v) is 6.61. The highest BCUT2D eigenvalue weighted by molar-refractivity contribution is 7.56. The van der Waals surface area contributed by atoms with Crippen LogP contribution in [0.2, 0.25) is 0 Å². The molecule has 0 radical (unpaired) electrons. The number of esters is 2. The Morgan fingerprint density at radius 2 is 1.84 bits per heavy atom. The SMILES string of the molecule is CCOC(=O)C(C1(C(=O)OCC)OC=C(C#N)[C@@H]1c1cccs1)P(=O)(OCC)OCC. The number of ether oxygens (including phenoxy) is 3. The van der Waals surface area contributed by atoms with Gasteiger partial charge in [-0.1, -0.05) is 6.07 Å². The summed E-state index contributed by atoms with van der Waals surface area (Å²) in [5, 5.41) is 11.5. The molecule has 2 heterocycles. The highest BCUT2D eigenvalue weighted by atomic mass is 32.1. The Balaban J connectivity index is 2.83. The van der Waals surface area contributed by atoms with E-state index < -0.39 is 36.7 Å². The number of rotatable bonds is 11. The van der Waals surface area contributed by atoms with Crippen LogP contribution in [0.1, 0.15) is 38.5 Å². The van der Waals surface area contributed by atoms with E-state index in [1.807, 2.05) is 6.07 Å². The molecule has 1 aromatic heterocycles. The third kappa shape index (κ3) is 4.70. The number of carbonyl (C=O) groups excluding carboxylic acids is 2. The van der Waals surface area contributed by atoms with Gasteiger partial charge in [-0.15, -0.1) is 11.3 Å². The van der Waals surface area contributed by atoms with Crippen LogP contribution in [0.15, 0.2) is 29.3 Å². The molecule has 0 saturated carbocycles. The zero-order chi connectivity index (χ0) is 23.1. The number of nitrogens with zero attached hydrogens (tertiary/aromatic N) is 1. The first kappa shape index (κ1) is 25.1. The standard InChI is InChI=1S/C20H26NO8PS/c1-5-25-18(22)17(30(24,28-7-3)29-8-4)20(19(23)26-6-2)16(14(12-21)13-27-20)15-10-9-11-31-15/h9-11,13,16-17H,5-8H2,1-4H3/t16-,17?,20?/m1/s1. The topological polar surface area (TPSA) is 121 Å². The van der Waals surface area contributed by atoms with E-state index in [9.17, 15) is 19.4 Å². The van der Waals surface area contributed by atoms with E-state index >= 15 is 0 Å². The summed E-state index contributed by atoms with van der Waals surface area (Å²) < 4.78 is 41.0. The van der Waals surface area contributed by atoms with Gasteiger partial charge in [0.15, 0.2) is 0 Å². The van der Waals surface area contributed by atoms with Gasteiger partial charge in [-0.3, -0.25) is 9.36 Å². The molecule has 3 atom stereocenters. The van der Waals surface area contributed by atoms with Crippen LogP contribution in [0.5, 0.6) is 0 Å². The average molecular weight is 471 g/mol. The van der Waals surface area contributed by atoms with E-state index in [2.05, 4.69) is 0 Å². The maximum atomic E-state index is 13.9. The number of thiophene rings is 1. The van der Waals surface area contributed by atoms with Crippen molar-refractivity contribution in [3.63, 3.8) is 0 Å². The maximum Gasteiger partial charge on any atom is 0.353 e. The number of hydrogen-bond donors (Lipinski definition) is 0. The Bertz CT molecular complexity index is 883. The van der Waals surface area contributed by atoms with Crippen LogP contribution in [0.25, 0.3) is 0 Å². The van der Waals surface area contributed by atoms with E-state index in [1.54, 1.807) is 45.2 Å². The van der Waals surface area contributed by atoms with Crippen molar-refractivity contribution in [3.05, 3.63) is 34.2 Å². The van der Waals surface area contributed by atoms with Crippen LogP contribution < -0.4 is 0 Å². The first-order valence-electron chi connectivity index (χ1n) is 9.90. The molecule has 2 unspecified atom stereocenters. The molecule has 1 aliphatic heterocycles. The van der Waals surface area contributed by atoms with Crippen molar-refractivity contribution in [1.29, 1.82) is 5.26 Å². The van der Waals surface area contributed by atoms with Crippen molar-refractivity contribution in [2.45, 2.75) is 44.9 Å². The highest BCUT2D eigenvalue weighted by Gasteiger charge is 2.69. The zero-order valence-electron chi connectivity index (χ0n) is 17.9.